The van der Waals surface area contributed by atoms with E-state index in [1.54, 1.807) is 25.2 Å². The van der Waals surface area contributed by atoms with Crippen LogP contribution in [-0.4, -0.2) is 17.4 Å². The molecule has 1 heterocycles. The maximum atomic E-state index is 10.5. The summed E-state index contributed by atoms with van der Waals surface area (Å²) in [5.41, 5.74) is 3.00. The molecule has 4 heteroatoms. The summed E-state index contributed by atoms with van der Waals surface area (Å²) >= 11 is 1.66. The van der Waals surface area contributed by atoms with Crippen LogP contribution < -0.4 is 0 Å². The molecule has 0 radical (unpaired) electrons. The highest BCUT2D eigenvalue weighted by molar-refractivity contribution is 7.08. The summed E-state index contributed by atoms with van der Waals surface area (Å²) in [7, 11) is 0. The van der Waals surface area contributed by atoms with E-state index in [-0.39, 0.29) is 5.92 Å². The van der Waals surface area contributed by atoms with Crippen molar-refractivity contribution in [3.05, 3.63) is 46.7 Å². The van der Waals surface area contributed by atoms with Crippen LogP contribution in [0.15, 0.2) is 41.1 Å². The summed E-state index contributed by atoms with van der Waals surface area (Å²) < 4.78 is 0. The van der Waals surface area contributed by atoms with Crippen LogP contribution in [0.3, 0.4) is 0 Å². The largest absolute Gasteiger partial charge is 0.481 e. The summed E-state index contributed by atoms with van der Waals surface area (Å²) in [5.74, 6) is -0.972. The van der Waals surface area contributed by atoms with Gasteiger partial charge in [-0.2, -0.15) is 11.3 Å². The Hall–Kier alpha value is -1.94. The minimum atomic E-state index is -0.741. The van der Waals surface area contributed by atoms with Gasteiger partial charge in [0.05, 0.1) is 5.92 Å². The molecule has 0 unspecified atom stereocenters. The quantitative estimate of drug-likeness (QED) is 0.863. The zero-order valence-corrected chi connectivity index (χ0v) is 11.7. The number of thiophene rings is 1. The highest BCUT2D eigenvalue weighted by Gasteiger charge is 1.99. The summed E-state index contributed by atoms with van der Waals surface area (Å²) in [4.78, 5) is 20.2. The third-order valence-electron chi connectivity index (χ3n) is 2.37. The highest BCUT2D eigenvalue weighted by atomic mass is 32.1. The molecule has 19 heavy (non-hydrogen) atoms. The number of carboxylic acids is 1. The topological polar surface area (TPSA) is 54.4 Å². The first kappa shape index (κ1) is 15.1. The first-order chi connectivity index (χ1) is 9.04. The first-order valence-electron chi connectivity index (χ1n) is 5.85. The number of rotatable bonds is 3. The Bertz CT molecular complexity index is 530. The summed E-state index contributed by atoms with van der Waals surface area (Å²) in [6.07, 6.45) is 0.871. The predicted octanol–water partition coefficient (Wildman–Crippen LogP) is 3.95. The minimum absolute atomic E-state index is 0.231. The van der Waals surface area contributed by atoms with Crippen molar-refractivity contribution >= 4 is 23.6 Å². The normalized spacial score (nSPS) is 9.63. The number of hydrogen-bond acceptors (Lipinski definition) is 3. The van der Waals surface area contributed by atoms with Crippen LogP contribution in [0.1, 0.15) is 24.2 Å². The van der Waals surface area contributed by atoms with Crippen LogP contribution in [0, 0.1) is 5.92 Å². The molecule has 1 aromatic heterocycles. The average molecular weight is 276 g/mol. The van der Waals surface area contributed by atoms with Gasteiger partial charge < -0.3 is 5.11 Å². The minimum Gasteiger partial charge on any atom is -0.481 e. The van der Waals surface area contributed by atoms with Crippen LogP contribution in [-0.2, 0) is 4.79 Å². The van der Waals surface area contributed by atoms with Crippen LogP contribution >= 0.6 is 11.3 Å². The van der Waals surface area contributed by atoms with Gasteiger partial charge in [-0.1, -0.05) is 32.0 Å². The van der Waals surface area contributed by atoms with Crippen molar-refractivity contribution in [2.24, 2.45) is 5.92 Å². The molecule has 0 amide bonds. The molecule has 0 saturated carbocycles. The van der Waals surface area contributed by atoms with E-state index in [4.69, 9.17) is 5.11 Å². The standard InChI is InChI=1S/C11H8OS.C4H8O2/c12-7-9-2-1-3-10(6-9)11-4-5-13-8-11;1-3(2)4(5)6/h1-8H;3H,1-2H3,(H,5,6). The maximum absolute atomic E-state index is 10.5. The molecule has 0 saturated heterocycles. The van der Waals surface area contributed by atoms with Crippen molar-refractivity contribution in [2.75, 3.05) is 0 Å². The Morgan fingerprint density at radius 2 is 1.95 bits per heavy atom. The number of aliphatic carboxylic acids is 1. The molecule has 0 spiro atoms. The van der Waals surface area contributed by atoms with Gasteiger partial charge in [0.15, 0.2) is 0 Å². The van der Waals surface area contributed by atoms with Crippen LogP contribution in [0.2, 0.25) is 0 Å². The van der Waals surface area contributed by atoms with Gasteiger partial charge in [0, 0.05) is 5.56 Å². The fourth-order valence-corrected chi connectivity index (χ4v) is 1.89. The van der Waals surface area contributed by atoms with Crippen molar-refractivity contribution < 1.29 is 14.7 Å². The second-order valence-electron chi connectivity index (χ2n) is 4.25. The van der Waals surface area contributed by atoms with Crippen molar-refractivity contribution in [3.63, 3.8) is 0 Å². The molecular weight excluding hydrogens is 260 g/mol. The van der Waals surface area contributed by atoms with E-state index < -0.39 is 5.97 Å². The van der Waals surface area contributed by atoms with E-state index >= 15 is 0 Å². The Morgan fingerprint density at radius 3 is 2.42 bits per heavy atom. The van der Waals surface area contributed by atoms with Gasteiger partial charge in [0.1, 0.15) is 6.29 Å². The van der Waals surface area contributed by atoms with E-state index in [1.165, 1.54) is 5.56 Å². The molecule has 2 aromatic rings. The Kier molecular flexibility index (Phi) is 5.96. The monoisotopic (exact) mass is 276 g/mol. The van der Waals surface area contributed by atoms with Crippen molar-refractivity contribution in [3.8, 4) is 11.1 Å². The zero-order valence-electron chi connectivity index (χ0n) is 10.9. The fourth-order valence-electron chi connectivity index (χ4n) is 1.22. The second-order valence-corrected chi connectivity index (χ2v) is 5.03. The molecule has 0 aliphatic heterocycles. The number of benzene rings is 1. The number of aldehydes is 1. The molecular formula is C15H16O3S. The van der Waals surface area contributed by atoms with Crippen molar-refractivity contribution in [1.29, 1.82) is 0 Å². The number of carbonyl (C=O) groups excluding carboxylic acids is 1. The maximum Gasteiger partial charge on any atom is 0.305 e. The van der Waals surface area contributed by atoms with Crippen LogP contribution in [0.25, 0.3) is 11.1 Å². The molecule has 0 aliphatic rings. The smallest absolute Gasteiger partial charge is 0.305 e. The van der Waals surface area contributed by atoms with Gasteiger partial charge >= 0.3 is 5.97 Å². The highest BCUT2D eigenvalue weighted by Crippen LogP contribution is 2.22. The second kappa shape index (κ2) is 7.48. The van der Waals surface area contributed by atoms with Gasteiger partial charge in [-0.05, 0) is 34.0 Å². The molecule has 1 aromatic carbocycles. The lowest BCUT2D eigenvalue weighted by molar-refractivity contribution is -0.140. The van der Waals surface area contributed by atoms with Gasteiger partial charge in [0.25, 0.3) is 0 Å². The molecule has 0 bridgehead atoms. The zero-order chi connectivity index (χ0) is 14.3. The molecule has 0 fully saturated rings. The predicted molar refractivity (Wildman–Crippen MR) is 77.6 cm³/mol. The van der Waals surface area contributed by atoms with Crippen LogP contribution in [0.5, 0.6) is 0 Å². The molecule has 1 N–H and O–H groups in total. The van der Waals surface area contributed by atoms with Crippen molar-refractivity contribution in [2.45, 2.75) is 13.8 Å². The molecule has 0 atom stereocenters. The summed E-state index contributed by atoms with van der Waals surface area (Å²) in [6, 6.07) is 9.66. The molecule has 3 nitrogen and oxygen atoms in total. The van der Waals surface area contributed by atoms with Gasteiger partial charge in [-0.15, -0.1) is 0 Å². The number of carbonyl (C=O) groups is 2. The third-order valence-corrected chi connectivity index (χ3v) is 3.05. The van der Waals surface area contributed by atoms with Gasteiger partial charge in [0.2, 0.25) is 0 Å². The van der Waals surface area contributed by atoms with E-state index in [0.717, 1.165) is 17.4 Å². The van der Waals surface area contributed by atoms with E-state index in [9.17, 15) is 9.59 Å². The number of hydrogen-bond donors (Lipinski definition) is 1. The van der Waals surface area contributed by atoms with E-state index in [1.807, 2.05) is 29.6 Å². The Labute approximate surface area is 116 Å². The molecule has 0 aliphatic carbocycles. The lowest BCUT2D eigenvalue weighted by atomic mass is 10.1. The van der Waals surface area contributed by atoms with Crippen molar-refractivity contribution in [1.82, 2.24) is 0 Å². The summed E-state index contributed by atoms with van der Waals surface area (Å²) in [6.45, 7) is 3.28. The molecule has 100 valence electrons. The molecule has 2 rings (SSSR count). The first-order valence-corrected chi connectivity index (χ1v) is 6.79. The SMILES string of the molecule is CC(C)C(=O)O.O=Cc1cccc(-c2ccsc2)c1. The average Bonchev–Trinajstić information content (AvgIpc) is 2.93. The number of carboxylic acid groups (broad SMARTS) is 1. The summed E-state index contributed by atoms with van der Waals surface area (Å²) in [5, 5.41) is 12.1. The Morgan fingerprint density at radius 1 is 1.26 bits per heavy atom. The third kappa shape index (κ3) is 5.06. The van der Waals surface area contributed by atoms with E-state index in [2.05, 4.69) is 11.4 Å². The van der Waals surface area contributed by atoms with Crippen LogP contribution in [0.4, 0.5) is 0 Å². The van der Waals surface area contributed by atoms with E-state index in [0.29, 0.717) is 0 Å². The Balaban J connectivity index is 0.000000258. The fraction of sp³-hybridized carbons (Fsp3) is 0.200. The van der Waals surface area contributed by atoms with Gasteiger partial charge in [-0.25, -0.2) is 0 Å². The van der Waals surface area contributed by atoms with Gasteiger partial charge in [-0.3, -0.25) is 9.59 Å². The lowest BCUT2D eigenvalue weighted by Crippen LogP contribution is -2.03. The lowest BCUT2D eigenvalue weighted by Gasteiger charge is -1.97.